The molecule has 0 aliphatic carbocycles. The first-order valence-electron chi connectivity index (χ1n) is 4.62. The Morgan fingerprint density at radius 3 is 3.36 bits per heavy atom. The minimum absolute atomic E-state index is 0.321. The highest BCUT2D eigenvalue weighted by Crippen LogP contribution is 2.29. The average Bonchev–Trinajstić information content (AvgIpc) is 2.88. The molecule has 2 aromatic rings. The highest BCUT2D eigenvalue weighted by molar-refractivity contribution is 7.09. The van der Waals surface area contributed by atoms with Crippen molar-refractivity contribution in [1.82, 2.24) is 14.8 Å². The number of fused-ring (bicyclic) bond motifs is 1. The van der Waals surface area contributed by atoms with Crippen LogP contribution in [0.4, 0.5) is 5.82 Å². The molecule has 4 nitrogen and oxygen atoms in total. The van der Waals surface area contributed by atoms with Gasteiger partial charge in [0.15, 0.2) is 0 Å². The van der Waals surface area contributed by atoms with Crippen LogP contribution in [0.2, 0.25) is 0 Å². The zero-order valence-electron chi connectivity index (χ0n) is 7.55. The van der Waals surface area contributed by atoms with Crippen molar-refractivity contribution in [2.75, 3.05) is 11.9 Å². The molecule has 1 atom stereocenters. The van der Waals surface area contributed by atoms with Crippen molar-refractivity contribution in [2.45, 2.75) is 12.5 Å². The fourth-order valence-electron chi connectivity index (χ4n) is 1.79. The summed E-state index contributed by atoms with van der Waals surface area (Å²) in [6.07, 6.45) is 4.74. The topological polar surface area (TPSA) is 42.7 Å². The normalized spacial score (nSPS) is 20.1. The van der Waals surface area contributed by atoms with E-state index in [1.165, 1.54) is 0 Å². The van der Waals surface area contributed by atoms with Gasteiger partial charge in [0.05, 0.1) is 6.20 Å². The molecule has 3 heterocycles. The van der Waals surface area contributed by atoms with Crippen LogP contribution in [0.25, 0.3) is 0 Å². The summed E-state index contributed by atoms with van der Waals surface area (Å²) in [5.41, 5.74) is 0. The predicted octanol–water partition coefficient (Wildman–Crippen LogP) is 1.74. The van der Waals surface area contributed by atoms with E-state index >= 15 is 0 Å². The van der Waals surface area contributed by atoms with Crippen LogP contribution in [0, 0.1) is 0 Å². The third-order valence-electron chi connectivity index (χ3n) is 2.43. The second-order valence-electron chi connectivity index (χ2n) is 3.26. The van der Waals surface area contributed by atoms with E-state index < -0.39 is 0 Å². The van der Waals surface area contributed by atoms with Gasteiger partial charge in [-0.15, -0.1) is 11.3 Å². The molecule has 1 unspecified atom stereocenters. The molecule has 14 heavy (non-hydrogen) atoms. The summed E-state index contributed by atoms with van der Waals surface area (Å²) in [7, 11) is 0. The molecule has 0 aromatic carbocycles. The SMILES string of the molecule is c1csc(C2CCNc3ccnn32)n1. The predicted molar refractivity (Wildman–Crippen MR) is 55.6 cm³/mol. The summed E-state index contributed by atoms with van der Waals surface area (Å²) in [6, 6.07) is 2.32. The van der Waals surface area contributed by atoms with Crippen LogP contribution in [0.3, 0.4) is 0 Å². The number of nitrogens with one attached hydrogen (secondary N) is 1. The Labute approximate surface area is 85.6 Å². The van der Waals surface area contributed by atoms with Gasteiger partial charge in [0.25, 0.3) is 0 Å². The van der Waals surface area contributed by atoms with Gasteiger partial charge < -0.3 is 5.32 Å². The molecule has 1 aliphatic rings. The molecule has 0 spiro atoms. The molecule has 3 rings (SSSR count). The number of anilines is 1. The second-order valence-corrected chi connectivity index (χ2v) is 4.19. The molecule has 5 heteroatoms. The maximum absolute atomic E-state index is 4.35. The van der Waals surface area contributed by atoms with Gasteiger partial charge in [0, 0.05) is 24.2 Å². The maximum Gasteiger partial charge on any atom is 0.125 e. The standard InChI is InChI=1S/C9H10N4S/c1-3-10-8-2-4-12-13(8)7(1)9-11-5-6-14-9/h2,4-7,10H,1,3H2. The van der Waals surface area contributed by atoms with Gasteiger partial charge in [-0.2, -0.15) is 5.10 Å². The maximum atomic E-state index is 4.35. The number of aromatic nitrogens is 3. The van der Waals surface area contributed by atoms with Crippen molar-refractivity contribution < 1.29 is 0 Å². The van der Waals surface area contributed by atoms with Crippen molar-refractivity contribution in [2.24, 2.45) is 0 Å². The first-order chi connectivity index (χ1) is 6.95. The third kappa shape index (κ3) is 1.13. The fraction of sp³-hybridized carbons (Fsp3) is 0.333. The number of rotatable bonds is 1. The van der Waals surface area contributed by atoms with Crippen molar-refractivity contribution in [3.63, 3.8) is 0 Å². The Morgan fingerprint density at radius 2 is 2.50 bits per heavy atom. The number of thiazole rings is 1. The lowest BCUT2D eigenvalue weighted by atomic mass is 10.2. The monoisotopic (exact) mass is 206 g/mol. The van der Waals surface area contributed by atoms with E-state index in [0.717, 1.165) is 23.8 Å². The van der Waals surface area contributed by atoms with E-state index in [4.69, 9.17) is 0 Å². The van der Waals surface area contributed by atoms with Gasteiger partial charge in [0.2, 0.25) is 0 Å². The van der Waals surface area contributed by atoms with E-state index in [1.807, 2.05) is 28.5 Å². The first kappa shape index (κ1) is 7.99. The van der Waals surface area contributed by atoms with Gasteiger partial charge >= 0.3 is 0 Å². The van der Waals surface area contributed by atoms with Crippen LogP contribution in [-0.4, -0.2) is 21.3 Å². The molecule has 0 fully saturated rings. The first-order valence-corrected chi connectivity index (χ1v) is 5.50. The molecular weight excluding hydrogens is 196 g/mol. The van der Waals surface area contributed by atoms with Gasteiger partial charge in [-0.05, 0) is 6.42 Å². The minimum atomic E-state index is 0.321. The summed E-state index contributed by atoms with van der Waals surface area (Å²) < 4.78 is 2.02. The van der Waals surface area contributed by atoms with E-state index in [2.05, 4.69) is 15.4 Å². The molecular formula is C9H10N4S. The van der Waals surface area contributed by atoms with Crippen molar-refractivity contribution in [3.8, 4) is 0 Å². The molecule has 1 aliphatic heterocycles. The molecule has 2 aromatic heterocycles. The molecule has 72 valence electrons. The number of hydrogen-bond acceptors (Lipinski definition) is 4. The second kappa shape index (κ2) is 3.09. The lowest BCUT2D eigenvalue weighted by Crippen LogP contribution is -2.24. The smallest absolute Gasteiger partial charge is 0.125 e. The Bertz CT molecular complexity index is 420. The van der Waals surface area contributed by atoms with Crippen LogP contribution in [0.15, 0.2) is 23.8 Å². The Kier molecular flexibility index (Phi) is 1.77. The zero-order valence-corrected chi connectivity index (χ0v) is 8.37. The van der Waals surface area contributed by atoms with Crippen LogP contribution in [0.5, 0.6) is 0 Å². The highest BCUT2D eigenvalue weighted by atomic mass is 32.1. The van der Waals surface area contributed by atoms with E-state index in [9.17, 15) is 0 Å². The molecule has 0 amide bonds. The van der Waals surface area contributed by atoms with Crippen LogP contribution < -0.4 is 5.32 Å². The number of hydrogen-bond donors (Lipinski definition) is 1. The molecule has 0 bridgehead atoms. The van der Waals surface area contributed by atoms with Crippen LogP contribution in [-0.2, 0) is 0 Å². The van der Waals surface area contributed by atoms with Gasteiger partial charge in [-0.3, -0.25) is 0 Å². The quantitative estimate of drug-likeness (QED) is 0.773. The Hall–Kier alpha value is -1.36. The lowest BCUT2D eigenvalue weighted by Gasteiger charge is -2.23. The summed E-state index contributed by atoms with van der Waals surface area (Å²) in [5.74, 6) is 1.09. The molecule has 1 N–H and O–H groups in total. The summed E-state index contributed by atoms with van der Waals surface area (Å²) >= 11 is 1.70. The van der Waals surface area contributed by atoms with E-state index in [0.29, 0.717) is 6.04 Å². The molecule has 0 radical (unpaired) electrons. The van der Waals surface area contributed by atoms with Crippen LogP contribution >= 0.6 is 11.3 Å². The number of nitrogens with zero attached hydrogens (tertiary/aromatic N) is 3. The summed E-state index contributed by atoms with van der Waals surface area (Å²) in [5, 5.41) is 10.8. The Balaban J connectivity index is 2.04. The van der Waals surface area contributed by atoms with Crippen LogP contribution in [0.1, 0.15) is 17.5 Å². The fourth-order valence-corrected chi connectivity index (χ4v) is 2.55. The molecule has 0 saturated carbocycles. The van der Waals surface area contributed by atoms with E-state index in [1.54, 1.807) is 11.3 Å². The molecule has 0 saturated heterocycles. The summed E-state index contributed by atoms with van der Waals surface area (Å²) in [4.78, 5) is 4.35. The van der Waals surface area contributed by atoms with Gasteiger partial charge in [-0.25, -0.2) is 9.67 Å². The van der Waals surface area contributed by atoms with E-state index in [-0.39, 0.29) is 0 Å². The van der Waals surface area contributed by atoms with Crippen molar-refractivity contribution in [3.05, 3.63) is 28.8 Å². The largest absolute Gasteiger partial charge is 0.370 e. The average molecular weight is 206 g/mol. The highest BCUT2D eigenvalue weighted by Gasteiger charge is 2.22. The lowest BCUT2D eigenvalue weighted by molar-refractivity contribution is 0.480. The Morgan fingerprint density at radius 1 is 1.50 bits per heavy atom. The third-order valence-corrected chi connectivity index (χ3v) is 3.30. The minimum Gasteiger partial charge on any atom is -0.370 e. The van der Waals surface area contributed by atoms with Crippen molar-refractivity contribution >= 4 is 17.2 Å². The van der Waals surface area contributed by atoms with Gasteiger partial charge in [-0.1, -0.05) is 0 Å². The van der Waals surface area contributed by atoms with Gasteiger partial charge in [0.1, 0.15) is 16.9 Å². The summed E-state index contributed by atoms with van der Waals surface area (Å²) in [6.45, 7) is 0.996. The zero-order chi connectivity index (χ0) is 9.38. The van der Waals surface area contributed by atoms with Crippen molar-refractivity contribution in [1.29, 1.82) is 0 Å².